The zero-order valence-electron chi connectivity index (χ0n) is 13.7. The zero-order chi connectivity index (χ0) is 18.5. The van der Waals surface area contributed by atoms with E-state index in [0.717, 1.165) is 0 Å². The van der Waals surface area contributed by atoms with E-state index in [4.69, 9.17) is 46.4 Å². The number of halogens is 4. The number of benzene rings is 1. The van der Waals surface area contributed by atoms with Crippen molar-refractivity contribution in [2.75, 3.05) is 11.2 Å². The lowest BCUT2D eigenvalue weighted by Gasteiger charge is -2.38. The maximum Gasteiger partial charge on any atom is 0.245 e. The molecule has 0 saturated heterocycles. The van der Waals surface area contributed by atoms with Gasteiger partial charge in [-0.1, -0.05) is 32.4 Å². The summed E-state index contributed by atoms with van der Waals surface area (Å²) in [5, 5.41) is 13.1. The molecule has 1 rings (SSSR count). The van der Waals surface area contributed by atoms with E-state index in [-0.39, 0.29) is 11.8 Å². The summed E-state index contributed by atoms with van der Waals surface area (Å²) in [4.78, 5) is 12.9. The van der Waals surface area contributed by atoms with Gasteiger partial charge in [0.25, 0.3) is 0 Å². The Labute approximate surface area is 163 Å². The van der Waals surface area contributed by atoms with Crippen molar-refractivity contribution in [1.82, 2.24) is 0 Å². The number of hydrogen-bond donors (Lipinski definition) is 1. The van der Waals surface area contributed by atoms with Crippen molar-refractivity contribution in [3.05, 3.63) is 29.3 Å². The van der Waals surface area contributed by atoms with Gasteiger partial charge in [0, 0.05) is 10.7 Å². The van der Waals surface area contributed by atoms with Crippen molar-refractivity contribution in [3.63, 3.8) is 0 Å². The Morgan fingerprint density at radius 3 is 2.21 bits per heavy atom. The van der Waals surface area contributed by atoms with Crippen LogP contribution in [-0.4, -0.2) is 16.1 Å². The second-order valence-corrected chi connectivity index (χ2v) is 8.12. The number of nitrogens with one attached hydrogen (secondary N) is 1. The maximum absolute atomic E-state index is 12.9. The van der Waals surface area contributed by atoms with E-state index in [1.807, 2.05) is 0 Å². The zero-order valence-corrected chi connectivity index (χ0v) is 16.8. The number of nitriles is 1. The molecule has 1 amide bonds. The Morgan fingerprint density at radius 1 is 1.25 bits per heavy atom. The van der Waals surface area contributed by atoms with Gasteiger partial charge in [-0.25, -0.2) is 0 Å². The topological polar surface area (TPSA) is 52.9 Å². The molecule has 0 radical (unpaired) electrons. The normalized spacial score (nSPS) is 16.6. The number of hydrogen-bond acceptors (Lipinski definition) is 2. The van der Waals surface area contributed by atoms with E-state index in [2.05, 4.69) is 11.4 Å². The van der Waals surface area contributed by atoms with Gasteiger partial charge in [0.05, 0.1) is 11.9 Å². The second kappa shape index (κ2) is 8.63. The standard InChI is InChI=1S/C17H20Cl4N2O/c1-4-16(10-22,11(2)12(3)17(20,21)9-18)15(24)23-14-7-5-13(19)6-8-14/h5-8,11-12H,4,9H2,1-3H3,(H,23,24)/t11?,12?,16-/m0/s1. The molecule has 0 spiro atoms. The molecule has 0 aliphatic rings. The molecule has 3 nitrogen and oxygen atoms in total. The summed E-state index contributed by atoms with van der Waals surface area (Å²) in [5.41, 5.74) is -0.710. The molecule has 3 atom stereocenters. The van der Waals surface area contributed by atoms with Crippen molar-refractivity contribution in [3.8, 4) is 6.07 Å². The first kappa shape index (κ1) is 21.4. The van der Waals surface area contributed by atoms with E-state index in [1.165, 1.54) is 0 Å². The quantitative estimate of drug-likeness (QED) is 0.571. The summed E-state index contributed by atoms with van der Waals surface area (Å²) >= 11 is 24.2. The largest absolute Gasteiger partial charge is 0.325 e. The third-order valence-corrected chi connectivity index (χ3v) is 6.54. The van der Waals surface area contributed by atoms with E-state index >= 15 is 0 Å². The van der Waals surface area contributed by atoms with Gasteiger partial charge in [0.2, 0.25) is 5.91 Å². The van der Waals surface area contributed by atoms with Crippen LogP contribution in [0.5, 0.6) is 0 Å². The molecule has 0 aliphatic carbocycles. The lowest BCUT2D eigenvalue weighted by molar-refractivity contribution is -0.126. The monoisotopic (exact) mass is 408 g/mol. The molecule has 1 N–H and O–H groups in total. The fraction of sp³-hybridized carbons (Fsp3) is 0.529. The van der Waals surface area contributed by atoms with Gasteiger partial charge in [0.1, 0.15) is 9.75 Å². The van der Waals surface area contributed by atoms with Crippen LogP contribution in [0.3, 0.4) is 0 Å². The summed E-state index contributed by atoms with van der Waals surface area (Å²) in [6.07, 6.45) is 0.320. The number of anilines is 1. The van der Waals surface area contributed by atoms with Gasteiger partial charge in [-0.05, 0) is 42.5 Å². The molecular weight excluding hydrogens is 390 g/mol. The van der Waals surface area contributed by atoms with Crippen molar-refractivity contribution in [1.29, 1.82) is 5.26 Å². The molecule has 1 aromatic rings. The first-order chi connectivity index (χ1) is 11.1. The second-order valence-electron chi connectivity index (χ2n) is 5.87. The van der Waals surface area contributed by atoms with Gasteiger partial charge in [-0.3, -0.25) is 4.79 Å². The molecule has 7 heteroatoms. The molecule has 132 valence electrons. The van der Waals surface area contributed by atoms with Gasteiger partial charge in [0.15, 0.2) is 0 Å². The van der Waals surface area contributed by atoms with E-state index in [0.29, 0.717) is 17.1 Å². The van der Waals surface area contributed by atoms with Crippen LogP contribution in [0.2, 0.25) is 5.02 Å². The Morgan fingerprint density at radius 2 is 1.79 bits per heavy atom. The minimum Gasteiger partial charge on any atom is -0.325 e. The van der Waals surface area contributed by atoms with Crippen molar-refractivity contribution in [2.24, 2.45) is 17.3 Å². The highest BCUT2D eigenvalue weighted by atomic mass is 35.5. The fourth-order valence-corrected chi connectivity index (χ4v) is 3.36. The third kappa shape index (κ3) is 4.49. The van der Waals surface area contributed by atoms with Crippen LogP contribution in [0.25, 0.3) is 0 Å². The Hall–Kier alpha value is -0.660. The molecule has 0 aromatic heterocycles. The average molecular weight is 410 g/mol. The molecule has 0 aliphatic heterocycles. The average Bonchev–Trinajstić information content (AvgIpc) is 2.57. The molecular formula is C17H20Cl4N2O. The molecule has 0 heterocycles. The Bertz CT molecular complexity index is 612. The number of amides is 1. The summed E-state index contributed by atoms with van der Waals surface area (Å²) in [5.74, 6) is -1.17. The number of rotatable bonds is 7. The number of nitrogens with zero attached hydrogens (tertiary/aromatic N) is 1. The van der Waals surface area contributed by atoms with Gasteiger partial charge < -0.3 is 5.32 Å². The minimum atomic E-state index is -1.28. The SMILES string of the molecule is CC[C@@](C#N)(C(=O)Nc1ccc(Cl)cc1)C(C)C(C)C(Cl)(Cl)CCl. The molecule has 2 unspecified atom stereocenters. The maximum atomic E-state index is 12.9. The number of carbonyl (C=O) groups excluding carboxylic acids is 1. The van der Waals surface area contributed by atoms with E-state index in [1.54, 1.807) is 45.0 Å². The summed E-state index contributed by atoms with van der Waals surface area (Å²) in [6, 6.07) is 8.86. The highest BCUT2D eigenvalue weighted by molar-refractivity contribution is 6.51. The predicted molar refractivity (Wildman–Crippen MR) is 102 cm³/mol. The first-order valence-corrected chi connectivity index (χ1v) is 9.23. The van der Waals surface area contributed by atoms with Crippen molar-refractivity contribution < 1.29 is 4.79 Å². The molecule has 0 saturated carbocycles. The molecule has 24 heavy (non-hydrogen) atoms. The van der Waals surface area contributed by atoms with Crippen LogP contribution in [0.15, 0.2) is 24.3 Å². The summed E-state index contributed by atoms with van der Waals surface area (Å²) in [6.45, 7) is 5.38. The minimum absolute atomic E-state index is 0.00560. The third-order valence-electron chi connectivity index (χ3n) is 4.64. The first-order valence-electron chi connectivity index (χ1n) is 7.56. The lowest BCUT2D eigenvalue weighted by atomic mass is 9.68. The van der Waals surface area contributed by atoms with Gasteiger partial charge in [-0.2, -0.15) is 5.26 Å². The van der Waals surface area contributed by atoms with Crippen LogP contribution in [0.1, 0.15) is 27.2 Å². The van der Waals surface area contributed by atoms with Crippen LogP contribution < -0.4 is 5.32 Å². The number of carbonyl (C=O) groups is 1. The number of alkyl halides is 3. The van der Waals surface area contributed by atoms with Crippen molar-refractivity contribution >= 4 is 58.0 Å². The van der Waals surface area contributed by atoms with Crippen LogP contribution in [0, 0.1) is 28.6 Å². The van der Waals surface area contributed by atoms with E-state index < -0.39 is 21.6 Å². The van der Waals surface area contributed by atoms with Crippen LogP contribution >= 0.6 is 46.4 Å². The molecule has 1 aromatic carbocycles. The lowest BCUT2D eigenvalue weighted by Crippen LogP contribution is -2.46. The fourth-order valence-electron chi connectivity index (χ4n) is 2.61. The predicted octanol–water partition coefficient (Wildman–Crippen LogP) is 5.88. The highest BCUT2D eigenvalue weighted by Crippen LogP contribution is 2.45. The summed E-state index contributed by atoms with van der Waals surface area (Å²) < 4.78 is -1.22. The smallest absolute Gasteiger partial charge is 0.245 e. The van der Waals surface area contributed by atoms with Gasteiger partial charge in [-0.15, -0.1) is 34.8 Å². The van der Waals surface area contributed by atoms with Crippen LogP contribution in [-0.2, 0) is 4.79 Å². The van der Waals surface area contributed by atoms with Gasteiger partial charge >= 0.3 is 0 Å². The Kier molecular flexibility index (Phi) is 7.69. The summed E-state index contributed by atoms with van der Waals surface area (Å²) in [7, 11) is 0. The molecule has 0 fully saturated rings. The molecule has 0 bridgehead atoms. The Balaban J connectivity index is 3.12. The van der Waals surface area contributed by atoms with E-state index in [9.17, 15) is 10.1 Å². The van der Waals surface area contributed by atoms with Crippen molar-refractivity contribution in [2.45, 2.75) is 31.5 Å². The van der Waals surface area contributed by atoms with Crippen LogP contribution in [0.4, 0.5) is 5.69 Å². The highest BCUT2D eigenvalue weighted by Gasteiger charge is 2.49.